The van der Waals surface area contributed by atoms with Gasteiger partial charge in [0.25, 0.3) is 5.91 Å². The van der Waals surface area contributed by atoms with Crippen LogP contribution in [-0.4, -0.2) is 41.0 Å². The molecule has 4 rings (SSSR count). The number of carbonyl (C=O) groups excluding carboxylic acids is 1. The Morgan fingerprint density at radius 3 is 2.35 bits per heavy atom. The molecule has 2 saturated heterocycles. The van der Waals surface area contributed by atoms with Crippen molar-refractivity contribution < 1.29 is 4.79 Å². The van der Waals surface area contributed by atoms with Crippen LogP contribution in [-0.2, 0) is 0 Å². The number of pyridine rings is 1. The minimum atomic E-state index is 0. The van der Waals surface area contributed by atoms with Crippen LogP contribution < -0.4 is 5.32 Å². The first-order valence-electron chi connectivity index (χ1n) is 8.74. The van der Waals surface area contributed by atoms with Gasteiger partial charge in [-0.15, -0.1) is 24.8 Å². The second-order valence-corrected chi connectivity index (χ2v) is 7.01. The van der Waals surface area contributed by atoms with Crippen molar-refractivity contribution in [1.29, 1.82) is 0 Å². The number of hydrogen-bond acceptors (Lipinski definition) is 3. The van der Waals surface area contributed by atoms with E-state index in [1.165, 1.54) is 12.8 Å². The van der Waals surface area contributed by atoms with Gasteiger partial charge in [-0.1, -0.05) is 30.3 Å². The summed E-state index contributed by atoms with van der Waals surface area (Å²) in [4.78, 5) is 19.1. The Bertz CT molecular complexity index is 729. The van der Waals surface area contributed by atoms with E-state index in [2.05, 4.69) is 10.3 Å². The molecule has 2 atom stereocenters. The van der Waals surface area contributed by atoms with Gasteiger partial charge in [-0.05, 0) is 37.3 Å². The average Bonchev–Trinajstić information content (AvgIpc) is 2.99. The van der Waals surface area contributed by atoms with E-state index in [9.17, 15) is 4.79 Å². The minimum absolute atomic E-state index is 0. The first-order chi connectivity index (χ1) is 11.7. The number of nitrogens with one attached hydrogen (secondary N) is 1. The number of amides is 1. The van der Waals surface area contributed by atoms with Crippen LogP contribution in [0.2, 0.25) is 0 Å². The fraction of sp³-hybridized carbons (Fsp3) is 0.400. The number of piperidine rings is 1. The van der Waals surface area contributed by atoms with Crippen molar-refractivity contribution in [3.05, 3.63) is 54.4 Å². The van der Waals surface area contributed by atoms with Gasteiger partial charge in [0.15, 0.2) is 0 Å². The van der Waals surface area contributed by atoms with Crippen LogP contribution in [0.15, 0.2) is 48.8 Å². The Morgan fingerprint density at radius 1 is 1.04 bits per heavy atom. The zero-order chi connectivity index (χ0) is 16.5. The lowest BCUT2D eigenvalue weighted by Gasteiger charge is -2.35. The molecule has 0 radical (unpaired) electrons. The molecule has 2 unspecified atom stereocenters. The number of carbonyl (C=O) groups is 1. The fourth-order valence-electron chi connectivity index (χ4n) is 4.06. The lowest BCUT2D eigenvalue weighted by atomic mass is 9.97. The molecule has 0 aliphatic carbocycles. The summed E-state index contributed by atoms with van der Waals surface area (Å²) in [6, 6.07) is 13.5. The molecule has 4 nitrogen and oxygen atoms in total. The van der Waals surface area contributed by atoms with Crippen LogP contribution in [0, 0.1) is 0 Å². The molecule has 1 N–H and O–H groups in total. The number of aromatic nitrogens is 1. The standard InChI is InChI=1S/C20H23N3O.2ClH/c1-23(19-10-17-7-8-18(11-19)22-17)20(24)16-9-15(12-21-13-16)14-5-3-2-4-6-14;;/h2-6,9,12-13,17-19,22H,7-8,10-11H2,1H3;2*1H. The smallest absolute Gasteiger partial charge is 0.255 e. The van der Waals surface area contributed by atoms with Gasteiger partial charge in [0.05, 0.1) is 5.56 Å². The number of fused-ring (bicyclic) bond motifs is 2. The van der Waals surface area contributed by atoms with Gasteiger partial charge < -0.3 is 10.2 Å². The van der Waals surface area contributed by atoms with Crippen LogP contribution in [0.5, 0.6) is 0 Å². The van der Waals surface area contributed by atoms with E-state index in [0.717, 1.165) is 24.0 Å². The van der Waals surface area contributed by atoms with E-state index in [-0.39, 0.29) is 30.7 Å². The molecule has 3 heterocycles. The van der Waals surface area contributed by atoms with Gasteiger partial charge in [-0.25, -0.2) is 0 Å². The summed E-state index contributed by atoms with van der Waals surface area (Å²) in [5, 5.41) is 3.63. The van der Waals surface area contributed by atoms with E-state index in [1.807, 2.05) is 54.5 Å². The van der Waals surface area contributed by atoms with Gasteiger partial charge >= 0.3 is 0 Å². The first kappa shape index (κ1) is 20.7. The summed E-state index contributed by atoms with van der Waals surface area (Å²) >= 11 is 0. The third kappa shape index (κ3) is 4.20. The topological polar surface area (TPSA) is 45.2 Å². The highest BCUT2D eigenvalue weighted by Crippen LogP contribution is 2.30. The monoisotopic (exact) mass is 393 g/mol. The molecule has 2 aromatic rings. The summed E-state index contributed by atoms with van der Waals surface area (Å²) in [6.45, 7) is 0. The summed E-state index contributed by atoms with van der Waals surface area (Å²) in [5.74, 6) is 0.0755. The zero-order valence-electron chi connectivity index (χ0n) is 14.8. The van der Waals surface area contributed by atoms with Gasteiger partial charge in [0, 0.05) is 43.1 Å². The molecule has 0 spiro atoms. The van der Waals surface area contributed by atoms with E-state index in [4.69, 9.17) is 0 Å². The molecule has 0 saturated carbocycles. The molecule has 1 aromatic heterocycles. The summed E-state index contributed by atoms with van der Waals surface area (Å²) in [7, 11) is 1.94. The second-order valence-electron chi connectivity index (χ2n) is 7.01. The zero-order valence-corrected chi connectivity index (χ0v) is 16.4. The number of hydrogen-bond donors (Lipinski definition) is 1. The van der Waals surface area contributed by atoms with Crippen molar-refractivity contribution in [3.63, 3.8) is 0 Å². The van der Waals surface area contributed by atoms with E-state index in [0.29, 0.717) is 23.7 Å². The Morgan fingerprint density at radius 2 is 1.69 bits per heavy atom. The van der Waals surface area contributed by atoms with E-state index in [1.54, 1.807) is 6.20 Å². The number of halogens is 2. The van der Waals surface area contributed by atoms with Crippen molar-refractivity contribution in [3.8, 4) is 11.1 Å². The highest BCUT2D eigenvalue weighted by molar-refractivity contribution is 5.95. The summed E-state index contributed by atoms with van der Waals surface area (Å²) < 4.78 is 0. The van der Waals surface area contributed by atoms with E-state index < -0.39 is 0 Å². The van der Waals surface area contributed by atoms with Crippen LogP contribution in [0.3, 0.4) is 0 Å². The third-order valence-electron chi connectivity index (χ3n) is 5.41. The highest BCUT2D eigenvalue weighted by atomic mass is 35.5. The maximum Gasteiger partial charge on any atom is 0.255 e. The van der Waals surface area contributed by atoms with E-state index >= 15 is 0 Å². The molecule has 1 amide bonds. The van der Waals surface area contributed by atoms with Gasteiger partial charge in [-0.3, -0.25) is 9.78 Å². The van der Waals surface area contributed by atoms with Crippen LogP contribution >= 0.6 is 24.8 Å². The Balaban J connectivity index is 0.00000121. The number of rotatable bonds is 3. The highest BCUT2D eigenvalue weighted by Gasteiger charge is 2.36. The molecular formula is C20H25Cl2N3O. The molecule has 140 valence electrons. The molecule has 26 heavy (non-hydrogen) atoms. The average molecular weight is 394 g/mol. The van der Waals surface area contributed by atoms with Crippen LogP contribution in [0.4, 0.5) is 0 Å². The molecule has 2 fully saturated rings. The minimum Gasteiger partial charge on any atom is -0.339 e. The lowest BCUT2D eigenvalue weighted by Crippen LogP contribution is -2.48. The van der Waals surface area contributed by atoms with Crippen LogP contribution in [0.25, 0.3) is 11.1 Å². The molecule has 1 aromatic carbocycles. The number of benzene rings is 1. The largest absolute Gasteiger partial charge is 0.339 e. The van der Waals surface area contributed by atoms with Crippen LogP contribution in [0.1, 0.15) is 36.0 Å². The molecule has 6 heteroatoms. The maximum atomic E-state index is 12.9. The summed E-state index contributed by atoms with van der Waals surface area (Å²) in [5.41, 5.74) is 2.74. The maximum absolute atomic E-state index is 12.9. The quantitative estimate of drug-likeness (QED) is 0.858. The normalized spacial score (nSPS) is 23.5. The van der Waals surface area contributed by atoms with Crippen molar-refractivity contribution in [2.45, 2.75) is 43.8 Å². The fourth-order valence-corrected chi connectivity index (χ4v) is 4.06. The Kier molecular flexibility index (Phi) is 7.04. The lowest BCUT2D eigenvalue weighted by molar-refractivity contribution is 0.0681. The predicted molar refractivity (Wildman–Crippen MR) is 109 cm³/mol. The van der Waals surface area contributed by atoms with Crippen molar-refractivity contribution in [1.82, 2.24) is 15.2 Å². The number of nitrogens with zero attached hydrogens (tertiary/aromatic N) is 2. The molecular weight excluding hydrogens is 369 g/mol. The Labute approximate surface area is 167 Å². The van der Waals surface area contributed by atoms with Crippen molar-refractivity contribution in [2.24, 2.45) is 0 Å². The third-order valence-corrected chi connectivity index (χ3v) is 5.41. The van der Waals surface area contributed by atoms with Crippen molar-refractivity contribution >= 4 is 30.7 Å². The predicted octanol–water partition coefficient (Wildman–Crippen LogP) is 3.95. The van der Waals surface area contributed by atoms with Gasteiger partial charge in [0.1, 0.15) is 0 Å². The Hall–Kier alpha value is -1.62. The van der Waals surface area contributed by atoms with Gasteiger partial charge in [-0.2, -0.15) is 0 Å². The first-order valence-corrected chi connectivity index (χ1v) is 8.74. The molecule has 2 aliphatic heterocycles. The molecule has 2 bridgehead atoms. The van der Waals surface area contributed by atoms with Crippen molar-refractivity contribution in [2.75, 3.05) is 7.05 Å². The van der Waals surface area contributed by atoms with Gasteiger partial charge in [0.2, 0.25) is 0 Å². The summed E-state index contributed by atoms with van der Waals surface area (Å²) in [6.07, 6.45) is 8.11. The molecule has 2 aliphatic rings. The second kappa shape index (κ2) is 8.85. The SMILES string of the molecule is CN(C(=O)c1cncc(-c2ccccc2)c1)C1CC2CCC(C1)N2.Cl.Cl.